The third-order valence-electron chi connectivity index (χ3n) is 6.53. The predicted octanol–water partition coefficient (Wildman–Crippen LogP) is 2.29. The molecule has 12 heteroatoms. The minimum Gasteiger partial charge on any atom is -0.406 e. The highest BCUT2D eigenvalue weighted by atomic mass is 19.4. The Balaban J connectivity index is 1.12. The number of alkyl halides is 3. The van der Waals surface area contributed by atoms with Gasteiger partial charge in [0.2, 0.25) is 5.91 Å². The third kappa shape index (κ3) is 4.70. The van der Waals surface area contributed by atoms with Gasteiger partial charge in [-0.2, -0.15) is 15.4 Å². The van der Waals surface area contributed by atoms with E-state index in [0.717, 1.165) is 11.4 Å². The number of benzene rings is 1. The first-order valence-corrected chi connectivity index (χ1v) is 11.0. The molecule has 0 aliphatic carbocycles. The predicted molar refractivity (Wildman–Crippen MR) is 113 cm³/mol. The van der Waals surface area contributed by atoms with Gasteiger partial charge in [-0.05, 0) is 23.8 Å². The van der Waals surface area contributed by atoms with Crippen molar-refractivity contribution in [1.82, 2.24) is 30.1 Å². The van der Waals surface area contributed by atoms with Gasteiger partial charge in [-0.25, -0.2) is 4.79 Å². The Hall–Kier alpha value is -3.57. The second-order valence-corrected chi connectivity index (χ2v) is 8.79. The second-order valence-electron chi connectivity index (χ2n) is 8.79. The largest absolute Gasteiger partial charge is 0.573 e. The van der Waals surface area contributed by atoms with Crippen molar-refractivity contribution < 1.29 is 27.5 Å². The van der Waals surface area contributed by atoms with E-state index in [9.17, 15) is 22.8 Å². The van der Waals surface area contributed by atoms with Crippen LogP contribution in [0.2, 0.25) is 0 Å². The molecule has 3 amide bonds. The first-order valence-electron chi connectivity index (χ1n) is 11.0. The van der Waals surface area contributed by atoms with Crippen LogP contribution in [0.1, 0.15) is 17.0 Å². The topological polar surface area (TPSA) is 94.7 Å². The maximum absolute atomic E-state index is 13.0. The minimum absolute atomic E-state index is 0.00114. The average Bonchev–Trinajstić information content (AvgIpc) is 3.51. The van der Waals surface area contributed by atoms with Gasteiger partial charge in [0, 0.05) is 57.1 Å². The lowest BCUT2D eigenvalue weighted by molar-refractivity contribution is -0.274. The van der Waals surface area contributed by atoms with Crippen molar-refractivity contribution >= 4 is 18.0 Å². The first kappa shape index (κ1) is 22.2. The van der Waals surface area contributed by atoms with Gasteiger partial charge < -0.3 is 19.4 Å². The summed E-state index contributed by atoms with van der Waals surface area (Å²) in [5.74, 6) is -0.00837. The smallest absolute Gasteiger partial charge is 0.406 e. The van der Waals surface area contributed by atoms with Gasteiger partial charge in [0.05, 0.1) is 12.2 Å². The fraction of sp³-hybridized carbons (Fsp3) is 0.455. The lowest BCUT2D eigenvalue weighted by Crippen LogP contribution is -2.45. The summed E-state index contributed by atoms with van der Waals surface area (Å²) in [7, 11) is 0. The molecule has 2 saturated heterocycles. The van der Waals surface area contributed by atoms with Crippen LogP contribution < -0.4 is 4.74 Å². The summed E-state index contributed by atoms with van der Waals surface area (Å²) in [6, 6.07) is 5.31. The molecule has 0 bridgehead atoms. The van der Waals surface area contributed by atoms with Crippen LogP contribution >= 0.6 is 0 Å². The molecule has 1 aromatic carbocycles. The molecule has 4 heterocycles. The Kier molecular flexibility index (Phi) is 5.66. The van der Waals surface area contributed by atoms with E-state index in [2.05, 4.69) is 20.1 Å². The van der Waals surface area contributed by atoms with Gasteiger partial charge in [-0.1, -0.05) is 12.1 Å². The quantitative estimate of drug-likeness (QED) is 0.686. The molecule has 0 saturated carbocycles. The van der Waals surface area contributed by atoms with E-state index in [1.807, 2.05) is 4.90 Å². The number of urea groups is 1. The van der Waals surface area contributed by atoms with Crippen molar-refractivity contribution in [3.05, 3.63) is 47.3 Å². The van der Waals surface area contributed by atoms with Crippen molar-refractivity contribution in [1.29, 1.82) is 0 Å². The Morgan fingerprint density at radius 2 is 1.62 bits per heavy atom. The Labute approximate surface area is 193 Å². The molecular weight excluding hydrogens is 453 g/mol. The van der Waals surface area contributed by atoms with Gasteiger partial charge >= 0.3 is 12.4 Å². The fourth-order valence-electron chi connectivity index (χ4n) is 4.85. The van der Waals surface area contributed by atoms with Crippen LogP contribution in [0.25, 0.3) is 6.08 Å². The standard InChI is InChI=1S/C22H23F3N6O3/c23-22(24,25)34-17-4-1-14(2-5-17)3-6-20(32)30-9-15-11-31(12-16(15)10-30)21(33)29-8-7-18-19(13-29)27-28-26-18/h1-6,15-16H,7-13H2,(H,26,27,28)/b6-3+/t15-,16?/m0/s1. The number of fused-ring (bicyclic) bond motifs is 2. The van der Waals surface area contributed by atoms with Crippen molar-refractivity contribution in [3.8, 4) is 5.75 Å². The van der Waals surface area contributed by atoms with Crippen molar-refractivity contribution in [2.45, 2.75) is 19.3 Å². The molecule has 3 aliphatic heterocycles. The molecule has 1 unspecified atom stereocenters. The molecule has 5 rings (SSSR count). The van der Waals surface area contributed by atoms with Gasteiger partial charge in [-0.15, -0.1) is 13.2 Å². The lowest BCUT2D eigenvalue weighted by atomic mass is 10.0. The van der Waals surface area contributed by atoms with Gasteiger partial charge in [-0.3, -0.25) is 4.79 Å². The molecule has 0 radical (unpaired) electrons. The van der Waals surface area contributed by atoms with E-state index >= 15 is 0 Å². The number of nitrogens with zero attached hydrogens (tertiary/aromatic N) is 5. The summed E-state index contributed by atoms with van der Waals surface area (Å²) in [5, 5.41) is 10.8. The van der Waals surface area contributed by atoms with Crippen molar-refractivity contribution in [2.75, 3.05) is 32.7 Å². The van der Waals surface area contributed by atoms with Gasteiger partial charge in [0.1, 0.15) is 11.4 Å². The molecule has 1 N–H and O–H groups in total. The molecule has 2 fully saturated rings. The van der Waals surface area contributed by atoms with Crippen molar-refractivity contribution in [3.63, 3.8) is 0 Å². The van der Waals surface area contributed by atoms with Crippen LogP contribution in [0.15, 0.2) is 30.3 Å². The number of carbonyl (C=O) groups is 2. The molecule has 2 atom stereocenters. The Morgan fingerprint density at radius 1 is 0.971 bits per heavy atom. The van der Waals surface area contributed by atoms with Crippen LogP contribution in [-0.4, -0.2) is 81.1 Å². The summed E-state index contributed by atoms with van der Waals surface area (Å²) in [4.78, 5) is 31.0. The number of amides is 3. The van der Waals surface area contributed by atoms with Gasteiger partial charge in [0.15, 0.2) is 0 Å². The van der Waals surface area contributed by atoms with Crippen LogP contribution in [0.5, 0.6) is 5.75 Å². The second kappa shape index (κ2) is 8.65. The molecule has 0 spiro atoms. The number of aromatic nitrogens is 3. The lowest BCUT2D eigenvalue weighted by Gasteiger charge is -2.30. The van der Waals surface area contributed by atoms with Crippen LogP contribution in [0.3, 0.4) is 0 Å². The number of H-pyrrole nitrogens is 1. The number of hydrogen-bond acceptors (Lipinski definition) is 5. The average molecular weight is 476 g/mol. The van der Waals surface area contributed by atoms with E-state index in [1.165, 1.54) is 30.3 Å². The maximum atomic E-state index is 13.0. The Morgan fingerprint density at radius 3 is 2.29 bits per heavy atom. The summed E-state index contributed by atoms with van der Waals surface area (Å²) < 4.78 is 40.6. The van der Waals surface area contributed by atoms with Crippen LogP contribution in [-0.2, 0) is 17.8 Å². The first-order chi connectivity index (χ1) is 16.2. The zero-order valence-electron chi connectivity index (χ0n) is 18.2. The number of rotatable bonds is 3. The van der Waals surface area contributed by atoms with E-state index < -0.39 is 6.36 Å². The highest BCUT2D eigenvalue weighted by molar-refractivity contribution is 5.92. The summed E-state index contributed by atoms with van der Waals surface area (Å²) in [6.45, 7) is 3.44. The molecule has 3 aliphatic rings. The van der Waals surface area contributed by atoms with Gasteiger partial charge in [0.25, 0.3) is 0 Å². The van der Waals surface area contributed by atoms with E-state index in [4.69, 9.17) is 0 Å². The molecule has 180 valence electrons. The SMILES string of the molecule is O=C(/C=C/c1ccc(OC(F)(F)F)cc1)N1CC2CN(C(=O)N3CCc4n[nH]nc4C3)C[C@@H]2C1. The highest BCUT2D eigenvalue weighted by Crippen LogP contribution is 2.32. The number of likely N-dealkylation sites (tertiary alicyclic amines) is 2. The highest BCUT2D eigenvalue weighted by Gasteiger charge is 2.43. The van der Waals surface area contributed by atoms with Crippen LogP contribution in [0, 0.1) is 11.8 Å². The third-order valence-corrected chi connectivity index (χ3v) is 6.53. The maximum Gasteiger partial charge on any atom is 0.573 e. The summed E-state index contributed by atoms with van der Waals surface area (Å²) in [5.41, 5.74) is 2.32. The number of hydrogen-bond donors (Lipinski definition) is 1. The number of halogens is 3. The zero-order chi connectivity index (χ0) is 23.9. The molecule has 1 aromatic heterocycles. The normalized spacial score (nSPS) is 22.3. The number of nitrogens with one attached hydrogen (secondary N) is 1. The zero-order valence-corrected chi connectivity index (χ0v) is 18.2. The molecule has 9 nitrogen and oxygen atoms in total. The number of aromatic amines is 1. The monoisotopic (exact) mass is 476 g/mol. The summed E-state index contributed by atoms with van der Waals surface area (Å²) >= 11 is 0. The minimum atomic E-state index is -4.74. The van der Waals surface area contributed by atoms with Crippen LogP contribution in [0.4, 0.5) is 18.0 Å². The molecule has 34 heavy (non-hydrogen) atoms. The fourth-order valence-corrected chi connectivity index (χ4v) is 4.85. The van der Waals surface area contributed by atoms with E-state index in [-0.39, 0.29) is 29.5 Å². The number of ether oxygens (including phenoxy) is 1. The number of carbonyl (C=O) groups excluding carboxylic acids is 2. The summed E-state index contributed by atoms with van der Waals surface area (Å²) in [6.07, 6.45) is -1.06. The van der Waals surface area contributed by atoms with E-state index in [0.29, 0.717) is 51.3 Å². The Bertz CT molecular complexity index is 1090. The van der Waals surface area contributed by atoms with E-state index in [1.54, 1.807) is 15.9 Å². The van der Waals surface area contributed by atoms with Crippen molar-refractivity contribution in [2.24, 2.45) is 11.8 Å². The molecule has 2 aromatic rings. The molecular formula is C22H23F3N6O3.